The summed E-state index contributed by atoms with van der Waals surface area (Å²) in [7, 11) is 0. The summed E-state index contributed by atoms with van der Waals surface area (Å²) in [6.07, 6.45) is 0.302. The summed E-state index contributed by atoms with van der Waals surface area (Å²) in [5.41, 5.74) is 6.71. The molecule has 0 unspecified atom stereocenters. The van der Waals surface area contributed by atoms with E-state index in [1.165, 1.54) is 0 Å². The summed E-state index contributed by atoms with van der Waals surface area (Å²) in [5.74, 6) is 1.08. The molecule has 0 atom stereocenters. The maximum Gasteiger partial charge on any atom is 0.180 e. The Kier molecular flexibility index (Phi) is 3.54. The van der Waals surface area contributed by atoms with Crippen LogP contribution in [0.15, 0.2) is 6.07 Å². The maximum atomic E-state index is 11.9. The van der Waals surface area contributed by atoms with Crippen molar-refractivity contribution in [3.8, 4) is 11.5 Å². The van der Waals surface area contributed by atoms with Gasteiger partial charge in [0.15, 0.2) is 17.3 Å². The van der Waals surface area contributed by atoms with Gasteiger partial charge in [0, 0.05) is 17.5 Å². The minimum absolute atomic E-state index is 0.0242. The number of fused-ring (bicyclic) bond motifs is 1. The number of Topliss-reactive ketones (excluding diaryl/α,β-unsaturated/α-hetero) is 1. The van der Waals surface area contributed by atoms with E-state index < -0.39 is 0 Å². The molecule has 17 heavy (non-hydrogen) atoms. The van der Waals surface area contributed by atoms with E-state index in [2.05, 4.69) is 0 Å². The quantitative estimate of drug-likeness (QED) is 0.839. The molecule has 0 fully saturated rings. The summed E-state index contributed by atoms with van der Waals surface area (Å²) >= 11 is 6.08. The Morgan fingerprint density at radius 3 is 2.71 bits per heavy atom. The standard InChI is InChI=1S/C12H14ClNO3/c1-7-8(10(15)2-3-14)6-9(13)12-11(7)16-4-5-17-12/h6H,2-5,14H2,1H3. The lowest BCUT2D eigenvalue weighted by Gasteiger charge is -2.22. The van der Waals surface area contributed by atoms with Gasteiger partial charge in [0.1, 0.15) is 13.2 Å². The van der Waals surface area contributed by atoms with E-state index in [0.717, 1.165) is 5.56 Å². The lowest BCUT2D eigenvalue weighted by atomic mass is 10.0. The molecule has 2 N–H and O–H groups in total. The topological polar surface area (TPSA) is 61.6 Å². The van der Waals surface area contributed by atoms with Gasteiger partial charge in [0.2, 0.25) is 0 Å². The number of benzene rings is 1. The van der Waals surface area contributed by atoms with Crippen LogP contribution >= 0.6 is 11.6 Å². The molecule has 1 aliphatic heterocycles. The van der Waals surface area contributed by atoms with Gasteiger partial charge in [-0.2, -0.15) is 0 Å². The third-order valence-corrected chi connectivity index (χ3v) is 2.97. The summed E-state index contributed by atoms with van der Waals surface area (Å²) in [6.45, 7) is 3.10. The molecule has 0 saturated carbocycles. The van der Waals surface area contributed by atoms with Crippen LogP contribution in [0.4, 0.5) is 0 Å². The van der Waals surface area contributed by atoms with Crippen LogP contribution in [0.25, 0.3) is 0 Å². The molecule has 0 spiro atoms. The van der Waals surface area contributed by atoms with Gasteiger partial charge in [0.05, 0.1) is 5.02 Å². The number of halogens is 1. The van der Waals surface area contributed by atoms with Gasteiger partial charge in [0.25, 0.3) is 0 Å². The van der Waals surface area contributed by atoms with E-state index in [0.29, 0.717) is 48.3 Å². The average Bonchev–Trinajstić information content (AvgIpc) is 2.34. The summed E-state index contributed by atoms with van der Waals surface area (Å²) in [6, 6.07) is 1.63. The third-order valence-electron chi connectivity index (χ3n) is 2.69. The van der Waals surface area contributed by atoms with Crippen molar-refractivity contribution >= 4 is 17.4 Å². The fraction of sp³-hybridized carbons (Fsp3) is 0.417. The lowest BCUT2D eigenvalue weighted by Crippen LogP contribution is -2.18. The second-order valence-corrected chi connectivity index (χ2v) is 4.26. The van der Waals surface area contributed by atoms with Crippen molar-refractivity contribution < 1.29 is 14.3 Å². The molecule has 2 rings (SSSR count). The van der Waals surface area contributed by atoms with Gasteiger partial charge in [-0.05, 0) is 19.5 Å². The highest BCUT2D eigenvalue weighted by atomic mass is 35.5. The van der Waals surface area contributed by atoms with Gasteiger partial charge < -0.3 is 15.2 Å². The van der Waals surface area contributed by atoms with Gasteiger partial charge in [-0.15, -0.1) is 0 Å². The molecule has 1 aliphatic rings. The zero-order valence-corrected chi connectivity index (χ0v) is 10.3. The highest BCUT2D eigenvalue weighted by molar-refractivity contribution is 6.32. The summed E-state index contributed by atoms with van der Waals surface area (Å²) in [4.78, 5) is 11.9. The molecular weight excluding hydrogens is 242 g/mol. The van der Waals surface area contributed by atoms with Crippen molar-refractivity contribution in [2.75, 3.05) is 19.8 Å². The van der Waals surface area contributed by atoms with Crippen molar-refractivity contribution in [3.05, 3.63) is 22.2 Å². The summed E-state index contributed by atoms with van der Waals surface area (Å²) in [5, 5.41) is 0.408. The van der Waals surface area contributed by atoms with Crippen LogP contribution in [-0.4, -0.2) is 25.5 Å². The number of ketones is 1. The Morgan fingerprint density at radius 1 is 1.41 bits per heavy atom. The molecule has 0 amide bonds. The largest absolute Gasteiger partial charge is 0.486 e. The number of hydrogen-bond acceptors (Lipinski definition) is 4. The smallest absolute Gasteiger partial charge is 0.180 e. The Morgan fingerprint density at radius 2 is 2.06 bits per heavy atom. The van der Waals surface area contributed by atoms with Gasteiger partial charge in [-0.25, -0.2) is 0 Å². The fourth-order valence-corrected chi connectivity index (χ4v) is 2.10. The molecule has 0 bridgehead atoms. The minimum Gasteiger partial charge on any atom is -0.486 e. The number of hydrogen-bond donors (Lipinski definition) is 1. The Balaban J connectivity index is 2.48. The first kappa shape index (κ1) is 12.2. The second-order valence-electron chi connectivity index (χ2n) is 3.85. The molecular formula is C12H14ClNO3. The van der Waals surface area contributed by atoms with Crippen molar-refractivity contribution in [1.29, 1.82) is 0 Å². The SMILES string of the molecule is Cc1c(C(=O)CCN)cc(Cl)c2c1OCCO2. The molecule has 92 valence electrons. The van der Waals surface area contributed by atoms with Gasteiger partial charge >= 0.3 is 0 Å². The molecule has 1 heterocycles. The van der Waals surface area contributed by atoms with E-state index in [1.807, 2.05) is 6.92 Å². The van der Waals surface area contributed by atoms with Crippen molar-refractivity contribution in [2.45, 2.75) is 13.3 Å². The molecule has 1 aromatic rings. The molecule has 0 aromatic heterocycles. The van der Waals surface area contributed by atoms with E-state index >= 15 is 0 Å². The zero-order valence-electron chi connectivity index (χ0n) is 9.59. The summed E-state index contributed by atoms with van der Waals surface area (Å²) < 4.78 is 10.9. The van der Waals surface area contributed by atoms with Crippen LogP contribution in [-0.2, 0) is 0 Å². The highest BCUT2D eigenvalue weighted by Crippen LogP contribution is 2.41. The van der Waals surface area contributed by atoms with E-state index in [9.17, 15) is 4.79 Å². The average molecular weight is 256 g/mol. The second kappa shape index (κ2) is 4.94. The van der Waals surface area contributed by atoms with Crippen LogP contribution in [0.3, 0.4) is 0 Å². The first-order valence-electron chi connectivity index (χ1n) is 5.47. The number of rotatable bonds is 3. The first-order valence-corrected chi connectivity index (χ1v) is 5.85. The predicted octanol–water partition coefficient (Wildman–Crippen LogP) is 1.95. The van der Waals surface area contributed by atoms with Crippen molar-refractivity contribution in [1.82, 2.24) is 0 Å². The number of ether oxygens (including phenoxy) is 2. The number of carbonyl (C=O) groups excluding carboxylic acids is 1. The predicted molar refractivity (Wildman–Crippen MR) is 65.2 cm³/mol. The van der Waals surface area contributed by atoms with Crippen LogP contribution < -0.4 is 15.2 Å². The van der Waals surface area contributed by atoms with Crippen LogP contribution in [0.5, 0.6) is 11.5 Å². The molecule has 0 radical (unpaired) electrons. The normalized spacial score (nSPS) is 13.6. The Bertz CT molecular complexity index is 460. The van der Waals surface area contributed by atoms with Gasteiger partial charge in [-0.1, -0.05) is 11.6 Å². The third kappa shape index (κ3) is 2.23. The molecule has 4 nitrogen and oxygen atoms in total. The van der Waals surface area contributed by atoms with E-state index in [4.69, 9.17) is 26.8 Å². The molecule has 0 saturated heterocycles. The van der Waals surface area contributed by atoms with Crippen LogP contribution in [0.2, 0.25) is 5.02 Å². The number of carbonyl (C=O) groups is 1. The minimum atomic E-state index is -0.0242. The fourth-order valence-electron chi connectivity index (χ4n) is 1.85. The van der Waals surface area contributed by atoms with E-state index in [-0.39, 0.29) is 5.78 Å². The molecule has 1 aromatic carbocycles. The van der Waals surface area contributed by atoms with E-state index in [1.54, 1.807) is 6.07 Å². The molecule has 5 heteroatoms. The maximum absolute atomic E-state index is 11.9. The zero-order chi connectivity index (χ0) is 12.4. The first-order chi connectivity index (χ1) is 8.15. The lowest BCUT2D eigenvalue weighted by molar-refractivity contribution is 0.0983. The van der Waals surface area contributed by atoms with Crippen molar-refractivity contribution in [3.63, 3.8) is 0 Å². The van der Waals surface area contributed by atoms with Crippen LogP contribution in [0.1, 0.15) is 22.3 Å². The Labute approximate surface area is 105 Å². The highest BCUT2D eigenvalue weighted by Gasteiger charge is 2.23. The van der Waals surface area contributed by atoms with Crippen LogP contribution in [0, 0.1) is 6.92 Å². The van der Waals surface area contributed by atoms with Crippen molar-refractivity contribution in [2.24, 2.45) is 5.73 Å². The Hall–Kier alpha value is -1.26. The molecule has 0 aliphatic carbocycles. The van der Waals surface area contributed by atoms with Gasteiger partial charge in [-0.3, -0.25) is 4.79 Å². The monoisotopic (exact) mass is 255 g/mol. The number of nitrogens with two attached hydrogens (primary N) is 1.